The zero-order valence-corrected chi connectivity index (χ0v) is 22.0. The highest BCUT2D eigenvalue weighted by molar-refractivity contribution is 7.58. The van der Waals surface area contributed by atoms with Crippen LogP contribution >= 0.6 is 14.7 Å². The molecule has 0 heterocycles. The van der Waals surface area contributed by atoms with Crippen LogP contribution in [0.1, 0.15) is 91.9 Å². The van der Waals surface area contributed by atoms with E-state index >= 15 is 0 Å². The second-order valence-corrected chi connectivity index (χ2v) is 15.5. The van der Waals surface area contributed by atoms with E-state index < -0.39 is 20.3 Å². The molecule has 0 aromatic heterocycles. The number of hydrogen-bond donors (Lipinski definition) is 1. The van der Waals surface area contributed by atoms with Gasteiger partial charge in [0.05, 0.1) is 18.3 Å². The first kappa shape index (κ1) is 27.5. The summed E-state index contributed by atoms with van der Waals surface area (Å²) < 4.78 is 43.4. The van der Waals surface area contributed by atoms with Gasteiger partial charge >= 0.3 is 0 Å². The van der Waals surface area contributed by atoms with E-state index in [1.165, 1.54) is 25.7 Å². The van der Waals surface area contributed by atoms with Crippen molar-refractivity contribution >= 4 is 14.7 Å². The molecule has 0 spiro atoms. The van der Waals surface area contributed by atoms with E-state index in [1.54, 1.807) is 0 Å². The van der Waals surface area contributed by atoms with Gasteiger partial charge in [0.15, 0.2) is 0 Å². The molecule has 0 aromatic carbocycles. The minimum absolute atomic E-state index is 0.0322. The average molecular weight is 481 g/mol. The van der Waals surface area contributed by atoms with Gasteiger partial charge in [-0.2, -0.15) is 0 Å². The predicted octanol–water partition coefficient (Wildman–Crippen LogP) is 6.85. The van der Waals surface area contributed by atoms with Crippen molar-refractivity contribution in [2.45, 2.75) is 104 Å². The molecule has 184 valence electrons. The number of ether oxygens (including phenoxy) is 2. The van der Waals surface area contributed by atoms with Crippen molar-refractivity contribution in [2.24, 2.45) is 11.8 Å². The molecule has 0 amide bonds. The fourth-order valence-corrected chi connectivity index (χ4v) is 8.63. The van der Waals surface area contributed by atoms with E-state index in [4.69, 9.17) is 14.0 Å². The summed E-state index contributed by atoms with van der Waals surface area (Å²) in [5.41, 5.74) is -0.511. The Balaban J connectivity index is 1.74. The van der Waals surface area contributed by atoms with Crippen LogP contribution in [0.15, 0.2) is 0 Å². The standard InChI is InChI=1S/C23H46O6P2/c1-20(2)27-18-31(26,17-22-10-6-5-7-11-22)29-15-9-14-23(3,4)28-19-30(24,25)16-21-12-8-13-21/h20-22H,5-19H2,1-4H3,(H,24,25). The maximum absolute atomic E-state index is 13.5. The Bertz CT molecular complexity index is 611. The SMILES string of the molecule is CC(C)OCP(=O)(CC1CCCCC1)OCCCC(C)(C)OCP(=O)(O)CC1CCC1. The number of rotatable bonds is 15. The summed E-state index contributed by atoms with van der Waals surface area (Å²) in [5.74, 6) is 0.867. The van der Waals surface area contributed by atoms with Crippen LogP contribution in [0.5, 0.6) is 0 Å². The van der Waals surface area contributed by atoms with E-state index in [9.17, 15) is 14.0 Å². The van der Waals surface area contributed by atoms with Crippen LogP contribution < -0.4 is 0 Å². The summed E-state index contributed by atoms with van der Waals surface area (Å²) in [6, 6.07) is 0. The zero-order chi connectivity index (χ0) is 23.0. The molecule has 2 rings (SSSR count). The highest BCUT2D eigenvalue weighted by Crippen LogP contribution is 2.51. The molecule has 2 aliphatic rings. The van der Waals surface area contributed by atoms with Gasteiger partial charge in [-0.15, -0.1) is 0 Å². The lowest BCUT2D eigenvalue weighted by Gasteiger charge is -2.30. The first-order valence-electron chi connectivity index (χ1n) is 12.3. The predicted molar refractivity (Wildman–Crippen MR) is 127 cm³/mol. The topological polar surface area (TPSA) is 82.1 Å². The summed E-state index contributed by atoms with van der Waals surface area (Å²) >= 11 is 0. The van der Waals surface area contributed by atoms with Crippen molar-refractivity contribution in [1.82, 2.24) is 0 Å². The molecule has 0 saturated heterocycles. The summed E-state index contributed by atoms with van der Waals surface area (Å²) in [7, 11) is -6.06. The summed E-state index contributed by atoms with van der Waals surface area (Å²) in [6.45, 7) is 8.20. The van der Waals surface area contributed by atoms with Gasteiger partial charge in [-0.05, 0) is 78.1 Å². The molecule has 2 aliphatic carbocycles. The van der Waals surface area contributed by atoms with Crippen molar-refractivity contribution in [3.63, 3.8) is 0 Å². The molecule has 8 heteroatoms. The fourth-order valence-electron chi connectivity index (χ4n) is 4.38. The van der Waals surface area contributed by atoms with Crippen molar-refractivity contribution in [3.8, 4) is 0 Å². The van der Waals surface area contributed by atoms with Gasteiger partial charge in [-0.1, -0.05) is 25.7 Å². The molecule has 0 radical (unpaired) electrons. The van der Waals surface area contributed by atoms with Crippen LogP contribution in [-0.2, 0) is 23.1 Å². The molecule has 1 N–H and O–H groups in total. The van der Waals surface area contributed by atoms with Crippen LogP contribution in [0.4, 0.5) is 0 Å². The molecule has 2 saturated carbocycles. The lowest BCUT2D eigenvalue weighted by atomic mass is 9.87. The summed E-state index contributed by atoms with van der Waals surface area (Å²) in [6.07, 6.45) is 11.8. The van der Waals surface area contributed by atoms with Gasteiger partial charge in [0, 0.05) is 12.3 Å². The highest BCUT2D eigenvalue weighted by Gasteiger charge is 2.32. The van der Waals surface area contributed by atoms with Crippen LogP contribution in [0.3, 0.4) is 0 Å². The Morgan fingerprint density at radius 1 is 0.935 bits per heavy atom. The third-order valence-electron chi connectivity index (χ3n) is 6.54. The second kappa shape index (κ2) is 12.7. The minimum Gasteiger partial charge on any atom is -0.369 e. The molecule has 0 aliphatic heterocycles. The Morgan fingerprint density at radius 2 is 1.55 bits per heavy atom. The monoisotopic (exact) mass is 480 g/mol. The lowest BCUT2D eigenvalue weighted by Crippen LogP contribution is -2.27. The summed E-state index contributed by atoms with van der Waals surface area (Å²) in [5, 5.41) is 0. The largest absolute Gasteiger partial charge is 0.369 e. The van der Waals surface area contributed by atoms with E-state index in [0.717, 1.165) is 25.7 Å². The van der Waals surface area contributed by atoms with Crippen LogP contribution in [0, 0.1) is 11.8 Å². The van der Waals surface area contributed by atoms with Crippen molar-refractivity contribution in [2.75, 3.05) is 31.6 Å². The molecule has 0 bridgehead atoms. The van der Waals surface area contributed by atoms with E-state index in [2.05, 4.69) is 0 Å². The molecule has 31 heavy (non-hydrogen) atoms. The molecule has 2 fully saturated rings. The van der Waals surface area contributed by atoms with Gasteiger partial charge in [0.25, 0.3) is 0 Å². The maximum atomic E-state index is 13.5. The Morgan fingerprint density at radius 3 is 2.13 bits per heavy atom. The Kier molecular flexibility index (Phi) is 11.3. The molecule has 0 aromatic rings. The van der Waals surface area contributed by atoms with Gasteiger partial charge in [-0.25, -0.2) is 0 Å². The fraction of sp³-hybridized carbons (Fsp3) is 1.00. The smallest absolute Gasteiger partial charge is 0.228 e. The van der Waals surface area contributed by atoms with Crippen molar-refractivity contribution < 1.29 is 28.0 Å². The second-order valence-electron chi connectivity index (χ2n) is 10.6. The Labute approximate surface area is 190 Å². The minimum atomic E-state index is -3.23. The summed E-state index contributed by atoms with van der Waals surface area (Å²) in [4.78, 5) is 10.2. The van der Waals surface area contributed by atoms with E-state index in [0.29, 0.717) is 43.6 Å². The Hall–Kier alpha value is 0.300. The molecule has 2 unspecified atom stereocenters. The van der Waals surface area contributed by atoms with Gasteiger partial charge in [0.1, 0.15) is 12.7 Å². The van der Waals surface area contributed by atoms with Crippen LogP contribution in [0.2, 0.25) is 0 Å². The van der Waals surface area contributed by atoms with Gasteiger partial charge < -0.3 is 18.9 Å². The first-order valence-corrected chi connectivity index (χ1v) is 16.3. The number of hydrogen-bond acceptors (Lipinski definition) is 5. The quantitative estimate of drug-likeness (QED) is 0.204. The van der Waals surface area contributed by atoms with Crippen LogP contribution in [-0.4, -0.2) is 48.2 Å². The van der Waals surface area contributed by atoms with Crippen LogP contribution in [0.25, 0.3) is 0 Å². The first-order chi connectivity index (χ1) is 14.5. The van der Waals surface area contributed by atoms with Gasteiger partial charge in [-0.3, -0.25) is 9.13 Å². The molecule has 6 nitrogen and oxygen atoms in total. The molecular weight excluding hydrogens is 434 g/mol. The third-order valence-corrected chi connectivity index (χ3v) is 10.4. The van der Waals surface area contributed by atoms with E-state index in [1.807, 2.05) is 27.7 Å². The van der Waals surface area contributed by atoms with Crippen molar-refractivity contribution in [3.05, 3.63) is 0 Å². The highest BCUT2D eigenvalue weighted by atomic mass is 31.2. The third kappa shape index (κ3) is 11.3. The molecular formula is C23H46O6P2. The lowest BCUT2D eigenvalue weighted by molar-refractivity contribution is -0.00508. The normalized spacial score (nSPS) is 22.8. The van der Waals surface area contributed by atoms with Gasteiger partial charge in [0.2, 0.25) is 14.7 Å². The molecule has 2 atom stereocenters. The maximum Gasteiger partial charge on any atom is 0.228 e. The van der Waals surface area contributed by atoms with Crippen molar-refractivity contribution in [1.29, 1.82) is 0 Å². The van der Waals surface area contributed by atoms with E-state index in [-0.39, 0.29) is 18.8 Å². The average Bonchev–Trinajstić information content (AvgIpc) is 2.67. The zero-order valence-electron chi connectivity index (χ0n) is 20.2.